The molecule has 0 fully saturated rings. The fourth-order valence-corrected chi connectivity index (χ4v) is 2.49. The summed E-state index contributed by atoms with van der Waals surface area (Å²) in [4.78, 5) is 0. The Morgan fingerprint density at radius 2 is 2.11 bits per heavy atom. The van der Waals surface area contributed by atoms with E-state index < -0.39 is 0 Å². The van der Waals surface area contributed by atoms with Crippen LogP contribution in [0.1, 0.15) is 23.6 Å². The number of nitrogens with zero attached hydrogens (tertiary/aromatic N) is 2. The van der Waals surface area contributed by atoms with Crippen LogP contribution < -0.4 is 10.1 Å². The van der Waals surface area contributed by atoms with E-state index in [1.54, 1.807) is 7.11 Å². The molecule has 18 heavy (non-hydrogen) atoms. The Labute approximate surface area is 107 Å². The van der Waals surface area contributed by atoms with Gasteiger partial charge >= 0.3 is 0 Å². The summed E-state index contributed by atoms with van der Waals surface area (Å²) >= 11 is 0. The molecule has 3 rings (SSSR count). The summed E-state index contributed by atoms with van der Waals surface area (Å²) in [6.07, 6.45) is 2.98. The van der Waals surface area contributed by atoms with Crippen molar-refractivity contribution in [3.8, 4) is 5.75 Å². The molecule has 1 aliphatic rings. The van der Waals surface area contributed by atoms with Gasteiger partial charge in [-0.05, 0) is 31.0 Å². The summed E-state index contributed by atoms with van der Waals surface area (Å²) in [5, 5.41) is 7.89. The quantitative estimate of drug-likeness (QED) is 0.881. The van der Waals surface area contributed by atoms with E-state index in [1.807, 2.05) is 18.3 Å². The average molecular weight is 243 g/mol. The molecule has 0 aliphatic carbocycles. The third-order valence-corrected chi connectivity index (χ3v) is 3.48. The van der Waals surface area contributed by atoms with Gasteiger partial charge in [-0.1, -0.05) is 12.1 Å². The molecule has 0 spiro atoms. The molecular weight excluding hydrogens is 226 g/mol. The van der Waals surface area contributed by atoms with E-state index in [0.29, 0.717) is 6.04 Å². The van der Waals surface area contributed by atoms with Crippen LogP contribution in [0, 0.1) is 6.92 Å². The van der Waals surface area contributed by atoms with E-state index in [4.69, 9.17) is 4.74 Å². The Bertz CT molecular complexity index is 545. The largest absolute Gasteiger partial charge is 0.497 e. The molecule has 4 nitrogen and oxygen atoms in total. The molecule has 0 saturated carbocycles. The normalized spacial score (nSPS) is 18.0. The Morgan fingerprint density at radius 3 is 2.83 bits per heavy atom. The standard InChI is InChI=1S/C14H17N3O/c1-10-9-16-17-13(7-8-15-14(10)17)11-3-5-12(18-2)6-4-11/h3-6,9,13,15H,7-8H2,1-2H3. The summed E-state index contributed by atoms with van der Waals surface area (Å²) in [6, 6.07) is 8.58. The molecular formula is C14H17N3O. The maximum Gasteiger partial charge on any atom is 0.127 e. The zero-order valence-corrected chi connectivity index (χ0v) is 10.7. The molecule has 94 valence electrons. The van der Waals surface area contributed by atoms with Crippen molar-refractivity contribution in [1.29, 1.82) is 0 Å². The van der Waals surface area contributed by atoms with Crippen molar-refractivity contribution in [2.24, 2.45) is 0 Å². The summed E-state index contributed by atoms with van der Waals surface area (Å²) in [6.45, 7) is 3.07. The highest BCUT2D eigenvalue weighted by atomic mass is 16.5. The first kappa shape index (κ1) is 11.1. The van der Waals surface area contributed by atoms with Gasteiger partial charge in [-0.15, -0.1) is 0 Å². The van der Waals surface area contributed by atoms with Gasteiger partial charge < -0.3 is 10.1 Å². The van der Waals surface area contributed by atoms with E-state index >= 15 is 0 Å². The first-order valence-corrected chi connectivity index (χ1v) is 6.21. The van der Waals surface area contributed by atoms with E-state index in [2.05, 4.69) is 34.2 Å². The van der Waals surface area contributed by atoms with Crippen molar-refractivity contribution in [3.63, 3.8) is 0 Å². The summed E-state index contributed by atoms with van der Waals surface area (Å²) in [7, 11) is 1.69. The predicted octanol–water partition coefficient (Wildman–Crippen LogP) is 2.61. The van der Waals surface area contributed by atoms with Crippen LogP contribution in [0.2, 0.25) is 0 Å². The maximum atomic E-state index is 5.20. The highest BCUT2D eigenvalue weighted by Gasteiger charge is 2.22. The number of fused-ring (bicyclic) bond motifs is 1. The van der Waals surface area contributed by atoms with E-state index in [-0.39, 0.29) is 0 Å². The Morgan fingerprint density at radius 1 is 1.33 bits per heavy atom. The second-order valence-electron chi connectivity index (χ2n) is 4.63. The molecule has 2 aromatic rings. The Balaban J connectivity index is 1.97. The Kier molecular flexibility index (Phi) is 2.70. The second kappa shape index (κ2) is 4.37. The molecule has 1 N–H and O–H groups in total. The van der Waals surface area contributed by atoms with Gasteiger partial charge in [-0.3, -0.25) is 0 Å². The molecule has 4 heteroatoms. The monoisotopic (exact) mass is 243 g/mol. The van der Waals surface area contributed by atoms with Gasteiger partial charge in [-0.25, -0.2) is 4.68 Å². The van der Waals surface area contributed by atoms with Crippen LogP contribution in [0.4, 0.5) is 5.82 Å². The van der Waals surface area contributed by atoms with Crippen LogP contribution in [-0.2, 0) is 0 Å². The molecule has 1 aliphatic heterocycles. The lowest BCUT2D eigenvalue weighted by molar-refractivity contribution is 0.414. The summed E-state index contributed by atoms with van der Waals surface area (Å²) in [5.41, 5.74) is 2.48. The molecule has 1 atom stereocenters. The number of methoxy groups -OCH3 is 1. The number of rotatable bonds is 2. The number of nitrogens with one attached hydrogen (secondary N) is 1. The minimum atomic E-state index is 0.320. The number of anilines is 1. The summed E-state index contributed by atoms with van der Waals surface area (Å²) < 4.78 is 7.28. The fourth-order valence-electron chi connectivity index (χ4n) is 2.49. The second-order valence-corrected chi connectivity index (χ2v) is 4.63. The van der Waals surface area contributed by atoms with Gasteiger partial charge in [0.15, 0.2) is 0 Å². The molecule has 2 heterocycles. The number of hydrogen-bond donors (Lipinski definition) is 1. The minimum absolute atomic E-state index is 0.320. The van der Waals surface area contributed by atoms with Crippen molar-refractivity contribution in [2.45, 2.75) is 19.4 Å². The number of aromatic nitrogens is 2. The Hall–Kier alpha value is -1.97. The van der Waals surface area contributed by atoms with Crippen molar-refractivity contribution >= 4 is 5.82 Å². The lowest BCUT2D eigenvalue weighted by atomic mass is 10.0. The maximum absolute atomic E-state index is 5.20. The average Bonchev–Trinajstić information content (AvgIpc) is 2.81. The van der Waals surface area contributed by atoms with E-state index in [9.17, 15) is 0 Å². The fraction of sp³-hybridized carbons (Fsp3) is 0.357. The van der Waals surface area contributed by atoms with Crippen LogP contribution in [-0.4, -0.2) is 23.4 Å². The van der Waals surface area contributed by atoms with Crippen LogP contribution in [0.15, 0.2) is 30.5 Å². The number of hydrogen-bond acceptors (Lipinski definition) is 3. The zero-order valence-electron chi connectivity index (χ0n) is 10.7. The van der Waals surface area contributed by atoms with Crippen molar-refractivity contribution < 1.29 is 4.74 Å². The SMILES string of the molecule is COc1ccc(C2CCNc3c(C)cnn32)cc1. The highest BCUT2D eigenvalue weighted by molar-refractivity contribution is 5.46. The van der Waals surface area contributed by atoms with Crippen LogP contribution in [0.5, 0.6) is 5.75 Å². The van der Waals surface area contributed by atoms with Gasteiger partial charge in [0.05, 0.1) is 19.3 Å². The number of benzene rings is 1. The van der Waals surface area contributed by atoms with Crippen molar-refractivity contribution in [2.75, 3.05) is 19.0 Å². The van der Waals surface area contributed by atoms with Gasteiger partial charge in [0.25, 0.3) is 0 Å². The van der Waals surface area contributed by atoms with E-state index in [0.717, 1.165) is 24.5 Å². The van der Waals surface area contributed by atoms with E-state index in [1.165, 1.54) is 11.1 Å². The topological polar surface area (TPSA) is 39.1 Å². The van der Waals surface area contributed by atoms with Crippen LogP contribution in [0.3, 0.4) is 0 Å². The smallest absolute Gasteiger partial charge is 0.127 e. The first-order chi connectivity index (χ1) is 8.79. The third kappa shape index (κ3) is 1.74. The third-order valence-electron chi connectivity index (χ3n) is 3.48. The highest BCUT2D eigenvalue weighted by Crippen LogP contribution is 2.31. The molecule has 1 aromatic carbocycles. The molecule has 0 radical (unpaired) electrons. The first-order valence-electron chi connectivity index (χ1n) is 6.21. The molecule has 1 aromatic heterocycles. The van der Waals surface area contributed by atoms with Crippen molar-refractivity contribution in [3.05, 3.63) is 41.6 Å². The van der Waals surface area contributed by atoms with Gasteiger partial charge in [-0.2, -0.15) is 5.10 Å². The van der Waals surface area contributed by atoms with Crippen LogP contribution >= 0.6 is 0 Å². The van der Waals surface area contributed by atoms with Gasteiger partial charge in [0.1, 0.15) is 11.6 Å². The van der Waals surface area contributed by atoms with Gasteiger partial charge in [0.2, 0.25) is 0 Å². The van der Waals surface area contributed by atoms with Gasteiger partial charge in [0, 0.05) is 12.1 Å². The predicted molar refractivity (Wildman–Crippen MR) is 71.2 cm³/mol. The molecule has 0 saturated heterocycles. The lowest BCUT2D eigenvalue weighted by Gasteiger charge is -2.26. The summed E-state index contributed by atoms with van der Waals surface area (Å²) in [5.74, 6) is 2.03. The zero-order chi connectivity index (χ0) is 12.5. The van der Waals surface area contributed by atoms with Crippen molar-refractivity contribution in [1.82, 2.24) is 9.78 Å². The number of aryl methyl sites for hydroxylation is 1. The molecule has 1 unspecified atom stereocenters. The lowest BCUT2D eigenvalue weighted by Crippen LogP contribution is -2.24. The molecule has 0 amide bonds. The van der Waals surface area contributed by atoms with Crippen LogP contribution in [0.25, 0.3) is 0 Å². The number of ether oxygens (including phenoxy) is 1. The minimum Gasteiger partial charge on any atom is -0.497 e. The molecule has 0 bridgehead atoms.